The van der Waals surface area contributed by atoms with Crippen molar-refractivity contribution in [2.24, 2.45) is 0 Å². The Kier molecular flexibility index (Phi) is 4.04. The molecule has 0 bridgehead atoms. The van der Waals surface area contributed by atoms with E-state index in [2.05, 4.69) is 4.57 Å². The van der Waals surface area contributed by atoms with E-state index in [1.165, 1.54) is 12.8 Å². The van der Waals surface area contributed by atoms with Crippen LogP contribution < -0.4 is 0 Å². The average Bonchev–Trinajstić information content (AvgIpc) is 3.17. The molecule has 21 heavy (non-hydrogen) atoms. The lowest BCUT2D eigenvalue weighted by atomic mass is 10.2. The predicted molar refractivity (Wildman–Crippen MR) is 81.3 cm³/mol. The predicted octanol–water partition coefficient (Wildman–Crippen LogP) is 1.35. The lowest BCUT2D eigenvalue weighted by Gasteiger charge is -2.22. The number of amides is 1. The van der Waals surface area contributed by atoms with Gasteiger partial charge in [0.15, 0.2) is 0 Å². The Bertz CT molecular complexity index is 505. The highest BCUT2D eigenvalue weighted by atomic mass is 16.3. The fourth-order valence-corrected chi connectivity index (χ4v) is 3.68. The van der Waals surface area contributed by atoms with Crippen LogP contribution in [0.15, 0.2) is 18.3 Å². The van der Waals surface area contributed by atoms with Crippen molar-refractivity contribution in [3.63, 3.8) is 0 Å². The Morgan fingerprint density at radius 1 is 1.29 bits per heavy atom. The van der Waals surface area contributed by atoms with Gasteiger partial charge in [-0.2, -0.15) is 0 Å². The molecule has 1 saturated carbocycles. The number of aliphatic hydroxyl groups is 1. The van der Waals surface area contributed by atoms with Crippen molar-refractivity contribution < 1.29 is 9.90 Å². The molecule has 116 valence electrons. The van der Waals surface area contributed by atoms with E-state index >= 15 is 0 Å². The fourth-order valence-electron chi connectivity index (χ4n) is 3.68. The highest BCUT2D eigenvalue weighted by molar-refractivity contribution is 5.93. The number of carbonyl (C=O) groups excluding carboxylic acids is 1. The van der Waals surface area contributed by atoms with Crippen molar-refractivity contribution in [3.8, 4) is 0 Å². The normalized spacial score (nSPS) is 27.0. The summed E-state index contributed by atoms with van der Waals surface area (Å²) in [5, 5.41) is 10.1. The first-order valence-electron chi connectivity index (χ1n) is 7.88. The smallest absolute Gasteiger partial charge is 0.270 e. The molecule has 1 aliphatic carbocycles. The Morgan fingerprint density at radius 2 is 2.00 bits per heavy atom. The molecule has 1 aromatic heterocycles. The zero-order valence-electron chi connectivity index (χ0n) is 12.9. The molecule has 1 saturated heterocycles. The van der Waals surface area contributed by atoms with Gasteiger partial charge >= 0.3 is 0 Å². The van der Waals surface area contributed by atoms with E-state index in [0.29, 0.717) is 19.1 Å². The SMILES string of the molecule is CN(C)[C@H]1CN(C(=O)c2cccn2C2CCCC2)C[C@@H]1O. The van der Waals surface area contributed by atoms with Crippen molar-refractivity contribution in [2.45, 2.75) is 43.9 Å². The van der Waals surface area contributed by atoms with Gasteiger partial charge in [0.25, 0.3) is 5.91 Å². The Morgan fingerprint density at radius 3 is 2.62 bits per heavy atom. The van der Waals surface area contributed by atoms with E-state index in [1.807, 2.05) is 37.3 Å². The number of aliphatic hydroxyl groups excluding tert-OH is 1. The van der Waals surface area contributed by atoms with E-state index in [-0.39, 0.29) is 11.9 Å². The molecule has 2 aliphatic rings. The largest absolute Gasteiger partial charge is 0.390 e. The first-order valence-corrected chi connectivity index (χ1v) is 7.88. The summed E-state index contributed by atoms with van der Waals surface area (Å²) in [6.07, 6.45) is 6.40. The number of hydrogen-bond donors (Lipinski definition) is 1. The third-order valence-corrected chi connectivity index (χ3v) is 4.93. The molecule has 5 heteroatoms. The maximum atomic E-state index is 12.8. The first-order chi connectivity index (χ1) is 10.1. The van der Waals surface area contributed by atoms with Gasteiger partial charge in [-0.3, -0.25) is 4.79 Å². The summed E-state index contributed by atoms with van der Waals surface area (Å²) in [5.41, 5.74) is 0.772. The molecule has 3 rings (SSSR count). The van der Waals surface area contributed by atoms with Crippen LogP contribution in [-0.2, 0) is 0 Å². The van der Waals surface area contributed by atoms with Gasteiger partial charge in [0.1, 0.15) is 5.69 Å². The van der Waals surface area contributed by atoms with Crippen molar-refractivity contribution in [1.29, 1.82) is 0 Å². The topological polar surface area (TPSA) is 48.7 Å². The van der Waals surface area contributed by atoms with E-state index in [0.717, 1.165) is 18.5 Å². The average molecular weight is 291 g/mol. The van der Waals surface area contributed by atoms with E-state index in [4.69, 9.17) is 0 Å². The second-order valence-corrected chi connectivity index (χ2v) is 6.55. The fraction of sp³-hybridized carbons (Fsp3) is 0.688. The number of aromatic nitrogens is 1. The minimum Gasteiger partial charge on any atom is -0.390 e. The van der Waals surface area contributed by atoms with Gasteiger partial charge in [0.05, 0.1) is 12.1 Å². The molecular weight excluding hydrogens is 266 g/mol. The second kappa shape index (κ2) is 5.81. The standard InChI is InChI=1S/C16H25N3O2/c1-17(2)14-10-18(11-15(14)20)16(21)13-8-5-9-19(13)12-6-3-4-7-12/h5,8-9,12,14-15,20H,3-4,6-7,10-11H2,1-2H3/t14-,15-/m0/s1. The zero-order chi connectivity index (χ0) is 15.0. The summed E-state index contributed by atoms with van der Waals surface area (Å²) in [6.45, 7) is 1.03. The van der Waals surface area contributed by atoms with Gasteiger partial charge in [0, 0.05) is 25.3 Å². The Balaban J connectivity index is 1.76. The number of rotatable bonds is 3. The van der Waals surface area contributed by atoms with Gasteiger partial charge in [-0.25, -0.2) is 0 Å². The van der Waals surface area contributed by atoms with E-state index in [1.54, 1.807) is 4.90 Å². The van der Waals surface area contributed by atoms with Crippen LogP contribution >= 0.6 is 0 Å². The number of β-amino-alcohol motifs (C(OH)–C–C–N with tert-alkyl or cyclic N) is 1. The van der Waals surface area contributed by atoms with Crippen LogP contribution in [-0.4, -0.2) is 64.7 Å². The van der Waals surface area contributed by atoms with Crippen molar-refractivity contribution in [1.82, 2.24) is 14.4 Å². The minimum atomic E-state index is -0.459. The van der Waals surface area contributed by atoms with Crippen LogP contribution in [0.5, 0.6) is 0 Å². The summed E-state index contributed by atoms with van der Waals surface area (Å²) in [7, 11) is 3.90. The molecule has 0 radical (unpaired) electrons. The van der Waals surface area contributed by atoms with E-state index < -0.39 is 6.10 Å². The Hall–Kier alpha value is -1.33. The monoisotopic (exact) mass is 291 g/mol. The van der Waals surface area contributed by atoms with E-state index in [9.17, 15) is 9.90 Å². The van der Waals surface area contributed by atoms with Crippen LogP contribution in [0.4, 0.5) is 0 Å². The van der Waals surface area contributed by atoms with Crippen LogP contribution in [0.25, 0.3) is 0 Å². The third-order valence-electron chi connectivity index (χ3n) is 4.93. The molecule has 2 fully saturated rings. The van der Waals surface area contributed by atoms with Gasteiger partial charge < -0.3 is 19.5 Å². The highest BCUT2D eigenvalue weighted by Crippen LogP contribution is 2.31. The van der Waals surface area contributed by atoms with Crippen molar-refractivity contribution >= 4 is 5.91 Å². The molecule has 2 heterocycles. The highest BCUT2D eigenvalue weighted by Gasteiger charge is 2.36. The van der Waals surface area contributed by atoms with Crippen molar-refractivity contribution in [2.75, 3.05) is 27.2 Å². The molecule has 1 aliphatic heterocycles. The molecule has 1 aromatic rings. The number of carbonyl (C=O) groups is 1. The summed E-state index contributed by atoms with van der Waals surface area (Å²) in [4.78, 5) is 16.6. The van der Waals surface area contributed by atoms with Gasteiger partial charge in [-0.15, -0.1) is 0 Å². The van der Waals surface area contributed by atoms with Crippen molar-refractivity contribution in [3.05, 3.63) is 24.0 Å². The van der Waals surface area contributed by atoms with Crippen LogP contribution in [0.1, 0.15) is 42.2 Å². The lowest BCUT2D eigenvalue weighted by molar-refractivity contribution is 0.0751. The summed E-state index contributed by atoms with van der Waals surface area (Å²) in [6, 6.07) is 4.37. The van der Waals surface area contributed by atoms with Gasteiger partial charge in [-0.1, -0.05) is 12.8 Å². The summed E-state index contributed by atoms with van der Waals surface area (Å²) >= 11 is 0. The quantitative estimate of drug-likeness (QED) is 0.914. The molecule has 0 unspecified atom stereocenters. The number of likely N-dealkylation sites (tertiary alicyclic amines) is 1. The summed E-state index contributed by atoms with van der Waals surface area (Å²) in [5.74, 6) is 0.0512. The molecule has 0 aromatic carbocycles. The lowest BCUT2D eigenvalue weighted by Crippen LogP contribution is -2.38. The first kappa shape index (κ1) is 14.6. The molecular formula is C16H25N3O2. The number of likely N-dealkylation sites (N-methyl/N-ethyl adjacent to an activating group) is 1. The van der Waals surface area contributed by atoms with Gasteiger partial charge in [0.2, 0.25) is 0 Å². The molecule has 5 nitrogen and oxygen atoms in total. The molecule has 1 amide bonds. The second-order valence-electron chi connectivity index (χ2n) is 6.55. The molecule has 2 atom stereocenters. The maximum Gasteiger partial charge on any atom is 0.270 e. The minimum absolute atomic E-state index is 0.0313. The zero-order valence-corrected chi connectivity index (χ0v) is 12.9. The van der Waals surface area contributed by atoms with Gasteiger partial charge in [-0.05, 0) is 39.1 Å². The van der Waals surface area contributed by atoms with Crippen LogP contribution in [0, 0.1) is 0 Å². The molecule has 1 N–H and O–H groups in total. The van der Waals surface area contributed by atoms with Crippen LogP contribution in [0.2, 0.25) is 0 Å². The molecule has 0 spiro atoms. The Labute approximate surface area is 126 Å². The number of hydrogen-bond acceptors (Lipinski definition) is 3. The maximum absolute atomic E-state index is 12.8. The third kappa shape index (κ3) is 2.72. The van der Waals surface area contributed by atoms with Crippen LogP contribution in [0.3, 0.4) is 0 Å². The summed E-state index contributed by atoms with van der Waals surface area (Å²) < 4.78 is 2.14. The number of nitrogens with zero attached hydrogens (tertiary/aromatic N) is 3.